The number of nitro groups is 1. The van der Waals surface area contributed by atoms with E-state index in [1.807, 2.05) is 13.8 Å². The standard InChI is InChI=1S/C14H21N3O3/c1-4-11(3)16-14(18)7-8-15-12-5-6-13(17(19)20)10(2)9-12/h5-6,9,11,15H,4,7-8H2,1-3H3,(H,16,18). The fraction of sp³-hybridized carbons (Fsp3) is 0.500. The summed E-state index contributed by atoms with van der Waals surface area (Å²) in [6.45, 7) is 6.17. The van der Waals surface area contributed by atoms with Crippen molar-refractivity contribution in [2.45, 2.75) is 39.7 Å². The second-order valence-corrected chi connectivity index (χ2v) is 4.81. The highest BCUT2D eigenvalue weighted by Crippen LogP contribution is 2.21. The van der Waals surface area contributed by atoms with Gasteiger partial charge in [0.15, 0.2) is 0 Å². The zero-order chi connectivity index (χ0) is 15.1. The maximum atomic E-state index is 11.6. The van der Waals surface area contributed by atoms with Crippen LogP contribution in [-0.4, -0.2) is 23.4 Å². The number of anilines is 1. The molecule has 0 heterocycles. The second kappa shape index (κ2) is 7.47. The summed E-state index contributed by atoms with van der Waals surface area (Å²) in [6, 6.07) is 5.02. The van der Waals surface area contributed by atoms with E-state index in [0.29, 0.717) is 18.5 Å². The Labute approximate surface area is 118 Å². The molecule has 0 bridgehead atoms. The fourth-order valence-electron chi connectivity index (χ4n) is 1.74. The molecule has 0 spiro atoms. The third kappa shape index (κ3) is 4.87. The van der Waals surface area contributed by atoms with Crippen LogP contribution in [0.1, 0.15) is 32.3 Å². The van der Waals surface area contributed by atoms with Crippen molar-refractivity contribution >= 4 is 17.3 Å². The molecule has 20 heavy (non-hydrogen) atoms. The van der Waals surface area contributed by atoms with Crippen LogP contribution in [0.2, 0.25) is 0 Å². The Morgan fingerprint density at radius 1 is 1.45 bits per heavy atom. The number of nitrogens with zero attached hydrogens (tertiary/aromatic N) is 1. The zero-order valence-corrected chi connectivity index (χ0v) is 12.1. The van der Waals surface area contributed by atoms with Crippen LogP contribution in [-0.2, 0) is 4.79 Å². The van der Waals surface area contributed by atoms with Gasteiger partial charge in [0.25, 0.3) is 5.69 Å². The van der Waals surface area contributed by atoms with Crippen LogP contribution in [0.25, 0.3) is 0 Å². The number of hydrogen-bond donors (Lipinski definition) is 2. The summed E-state index contributed by atoms with van der Waals surface area (Å²) in [6.07, 6.45) is 1.28. The Morgan fingerprint density at radius 3 is 2.70 bits per heavy atom. The van der Waals surface area contributed by atoms with E-state index in [1.165, 1.54) is 6.07 Å². The van der Waals surface area contributed by atoms with Crippen molar-refractivity contribution in [1.29, 1.82) is 0 Å². The number of carbonyl (C=O) groups is 1. The number of benzene rings is 1. The van der Waals surface area contributed by atoms with Crippen molar-refractivity contribution in [1.82, 2.24) is 5.32 Å². The molecule has 0 aliphatic carbocycles. The van der Waals surface area contributed by atoms with E-state index in [4.69, 9.17) is 0 Å². The Bertz CT molecular complexity index is 489. The molecule has 0 saturated carbocycles. The van der Waals surface area contributed by atoms with Crippen molar-refractivity contribution in [3.63, 3.8) is 0 Å². The van der Waals surface area contributed by atoms with Crippen LogP contribution < -0.4 is 10.6 Å². The quantitative estimate of drug-likeness (QED) is 0.593. The molecule has 0 aliphatic heterocycles. The lowest BCUT2D eigenvalue weighted by Gasteiger charge is -2.12. The summed E-state index contributed by atoms with van der Waals surface area (Å²) >= 11 is 0. The summed E-state index contributed by atoms with van der Waals surface area (Å²) in [7, 11) is 0. The SMILES string of the molecule is CCC(C)NC(=O)CCNc1ccc([N+](=O)[O-])c(C)c1. The topological polar surface area (TPSA) is 84.3 Å². The normalized spacial score (nSPS) is 11.8. The predicted octanol–water partition coefficient (Wildman–Crippen LogP) is 2.62. The minimum Gasteiger partial charge on any atom is -0.385 e. The van der Waals surface area contributed by atoms with Gasteiger partial charge < -0.3 is 10.6 Å². The highest BCUT2D eigenvalue weighted by atomic mass is 16.6. The lowest BCUT2D eigenvalue weighted by atomic mass is 10.2. The van der Waals surface area contributed by atoms with E-state index in [1.54, 1.807) is 19.1 Å². The molecule has 0 fully saturated rings. The van der Waals surface area contributed by atoms with Gasteiger partial charge in [-0.05, 0) is 32.4 Å². The third-order valence-electron chi connectivity index (χ3n) is 3.09. The summed E-state index contributed by atoms with van der Waals surface area (Å²) in [5.41, 5.74) is 1.48. The van der Waals surface area contributed by atoms with E-state index in [-0.39, 0.29) is 17.6 Å². The van der Waals surface area contributed by atoms with Gasteiger partial charge in [-0.15, -0.1) is 0 Å². The average Bonchev–Trinajstić information content (AvgIpc) is 2.38. The van der Waals surface area contributed by atoms with E-state index in [2.05, 4.69) is 10.6 Å². The molecule has 0 saturated heterocycles. The summed E-state index contributed by atoms with van der Waals surface area (Å²) in [5, 5.41) is 16.7. The van der Waals surface area contributed by atoms with Crippen molar-refractivity contribution < 1.29 is 9.72 Å². The first-order valence-corrected chi connectivity index (χ1v) is 6.72. The molecule has 0 aliphatic rings. The van der Waals surface area contributed by atoms with Gasteiger partial charge in [-0.2, -0.15) is 0 Å². The van der Waals surface area contributed by atoms with Gasteiger partial charge in [0, 0.05) is 36.3 Å². The molecule has 6 nitrogen and oxygen atoms in total. The highest BCUT2D eigenvalue weighted by Gasteiger charge is 2.10. The summed E-state index contributed by atoms with van der Waals surface area (Å²) in [5.74, 6) is 0.00508. The van der Waals surface area contributed by atoms with Crippen LogP contribution in [0.15, 0.2) is 18.2 Å². The van der Waals surface area contributed by atoms with Crippen molar-refractivity contribution in [3.8, 4) is 0 Å². The second-order valence-electron chi connectivity index (χ2n) is 4.81. The molecule has 1 aromatic carbocycles. The minimum absolute atomic E-state index is 0.00508. The minimum atomic E-state index is -0.404. The number of amides is 1. The lowest BCUT2D eigenvalue weighted by Crippen LogP contribution is -2.32. The number of nitro benzene ring substituents is 1. The smallest absolute Gasteiger partial charge is 0.272 e. The van der Waals surface area contributed by atoms with Crippen LogP contribution >= 0.6 is 0 Å². The molecular weight excluding hydrogens is 258 g/mol. The van der Waals surface area contributed by atoms with Crippen LogP contribution in [0.3, 0.4) is 0 Å². The van der Waals surface area contributed by atoms with E-state index < -0.39 is 4.92 Å². The molecule has 0 radical (unpaired) electrons. The Hall–Kier alpha value is -2.11. The van der Waals surface area contributed by atoms with E-state index in [9.17, 15) is 14.9 Å². The maximum absolute atomic E-state index is 11.6. The van der Waals surface area contributed by atoms with Gasteiger partial charge in [-0.3, -0.25) is 14.9 Å². The van der Waals surface area contributed by atoms with Gasteiger partial charge >= 0.3 is 0 Å². The number of rotatable bonds is 7. The molecule has 1 amide bonds. The van der Waals surface area contributed by atoms with Gasteiger partial charge in [0.2, 0.25) is 5.91 Å². The van der Waals surface area contributed by atoms with Crippen molar-refractivity contribution in [2.75, 3.05) is 11.9 Å². The molecule has 1 unspecified atom stereocenters. The molecule has 110 valence electrons. The van der Waals surface area contributed by atoms with Crippen LogP contribution in [0.4, 0.5) is 11.4 Å². The third-order valence-corrected chi connectivity index (χ3v) is 3.09. The first-order chi connectivity index (χ1) is 9.43. The number of nitrogens with one attached hydrogen (secondary N) is 2. The Morgan fingerprint density at radius 2 is 2.15 bits per heavy atom. The fourth-order valence-corrected chi connectivity index (χ4v) is 1.74. The molecule has 1 rings (SSSR count). The van der Waals surface area contributed by atoms with E-state index >= 15 is 0 Å². The van der Waals surface area contributed by atoms with Crippen LogP contribution in [0, 0.1) is 17.0 Å². The first-order valence-electron chi connectivity index (χ1n) is 6.72. The van der Waals surface area contributed by atoms with Gasteiger partial charge in [-0.1, -0.05) is 6.92 Å². The molecule has 0 aromatic heterocycles. The molecule has 6 heteroatoms. The maximum Gasteiger partial charge on any atom is 0.272 e. The number of carbonyl (C=O) groups excluding carboxylic acids is 1. The monoisotopic (exact) mass is 279 g/mol. The molecular formula is C14H21N3O3. The summed E-state index contributed by atoms with van der Waals surface area (Å²) < 4.78 is 0. The molecule has 1 aromatic rings. The molecule has 2 N–H and O–H groups in total. The Balaban J connectivity index is 2.45. The Kier molecular flexibility index (Phi) is 5.96. The van der Waals surface area contributed by atoms with Gasteiger partial charge in [0.05, 0.1) is 4.92 Å². The van der Waals surface area contributed by atoms with Crippen molar-refractivity contribution in [3.05, 3.63) is 33.9 Å². The number of hydrogen-bond acceptors (Lipinski definition) is 4. The first kappa shape index (κ1) is 15.9. The van der Waals surface area contributed by atoms with Crippen molar-refractivity contribution in [2.24, 2.45) is 0 Å². The average molecular weight is 279 g/mol. The molecule has 1 atom stereocenters. The largest absolute Gasteiger partial charge is 0.385 e. The van der Waals surface area contributed by atoms with Gasteiger partial charge in [-0.25, -0.2) is 0 Å². The predicted molar refractivity (Wildman–Crippen MR) is 78.8 cm³/mol. The van der Waals surface area contributed by atoms with Crippen LogP contribution in [0.5, 0.6) is 0 Å². The van der Waals surface area contributed by atoms with Gasteiger partial charge in [0.1, 0.15) is 0 Å². The summed E-state index contributed by atoms with van der Waals surface area (Å²) in [4.78, 5) is 21.9. The van der Waals surface area contributed by atoms with E-state index in [0.717, 1.165) is 12.1 Å². The number of aryl methyl sites for hydroxylation is 1. The lowest BCUT2D eigenvalue weighted by molar-refractivity contribution is -0.385. The zero-order valence-electron chi connectivity index (χ0n) is 12.1. The highest BCUT2D eigenvalue weighted by molar-refractivity contribution is 5.76.